The van der Waals surface area contributed by atoms with E-state index >= 15 is 0 Å². The molecule has 7 heteroatoms. The number of hydrogen-bond acceptors (Lipinski definition) is 6. The summed E-state index contributed by atoms with van der Waals surface area (Å²) in [6.45, 7) is 3.93. The largest absolute Gasteiger partial charge is 0.357 e. The summed E-state index contributed by atoms with van der Waals surface area (Å²) in [5.74, 6) is 0.860. The third-order valence-electron chi connectivity index (χ3n) is 4.95. The Morgan fingerprint density at radius 1 is 1.14 bits per heavy atom. The zero-order valence-electron chi connectivity index (χ0n) is 15.8. The van der Waals surface area contributed by atoms with Gasteiger partial charge < -0.3 is 14.7 Å². The Morgan fingerprint density at radius 3 is 2.71 bits per heavy atom. The number of anilines is 1. The molecule has 1 fully saturated rings. The standard InChI is InChI=1S/C21H23N5O2/c1-15(16-8-4-2-5-9-16)23-20(27)21-24-19(25-28-21)17-10-11-22-18(14-17)26-12-6-3-7-13-26/h2,4-5,8-11,14-15H,3,6-7,12-13H2,1H3,(H,23,27)/t15-/m0/s1. The average molecular weight is 377 g/mol. The van der Waals surface area contributed by atoms with E-state index in [-0.39, 0.29) is 17.8 Å². The zero-order valence-corrected chi connectivity index (χ0v) is 15.8. The molecule has 144 valence electrons. The number of carbonyl (C=O) groups is 1. The van der Waals surface area contributed by atoms with Crippen molar-refractivity contribution in [2.75, 3.05) is 18.0 Å². The van der Waals surface area contributed by atoms with Crippen LogP contribution in [0.1, 0.15) is 48.5 Å². The minimum Gasteiger partial charge on any atom is -0.357 e. The maximum atomic E-state index is 12.5. The summed E-state index contributed by atoms with van der Waals surface area (Å²) >= 11 is 0. The zero-order chi connectivity index (χ0) is 19.3. The molecule has 2 aromatic heterocycles. The van der Waals surface area contributed by atoms with Crippen LogP contribution in [0, 0.1) is 0 Å². The van der Waals surface area contributed by atoms with Gasteiger partial charge in [0.1, 0.15) is 5.82 Å². The number of hydrogen-bond donors (Lipinski definition) is 1. The maximum Gasteiger partial charge on any atom is 0.316 e. The molecule has 0 bridgehead atoms. The molecular formula is C21H23N5O2. The Balaban J connectivity index is 1.47. The molecule has 1 N–H and O–H groups in total. The summed E-state index contributed by atoms with van der Waals surface area (Å²) in [7, 11) is 0. The predicted molar refractivity (Wildman–Crippen MR) is 106 cm³/mol. The first kappa shape index (κ1) is 18.2. The van der Waals surface area contributed by atoms with Crippen molar-refractivity contribution in [3.8, 4) is 11.4 Å². The first-order valence-corrected chi connectivity index (χ1v) is 9.61. The normalized spacial score (nSPS) is 15.2. The van der Waals surface area contributed by atoms with Crippen molar-refractivity contribution in [2.24, 2.45) is 0 Å². The van der Waals surface area contributed by atoms with Gasteiger partial charge in [-0.3, -0.25) is 4.79 Å². The molecule has 3 heterocycles. The van der Waals surface area contributed by atoms with E-state index in [1.54, 1.807) is 6.20 Å². The molecule has 4 rings (SSSR count). The van der Waals surface area contributed by atoms with E-state index in [1.807, 2.05) is 49.4 Å². The topological polar surface area (TPSA) is 84.2 Å². The molecule has 1 aliphatic rings. The van der Waals surface area contributed by atoms with Crippen molar-refractivity contribution in [3.63, 3.8) is 0 Å². The Hall–Kier alpha value is -3.22. The van der Waals surface area contributed by atoms with Crippen molar-refractivity contribution in [1.82, 2.24) is 20.4 Å². The molecule has 0 spiro atoms. The van der Waals surface area contributed by atoms with E-state index in [2.05, 4.69) is 25.3 Å². The highest BCUT2D eigenvalue weighted by atomic mass is 16.5. The van der Waals surface area contributed by atoms with Crippen LogP contribution >= 0.6 is 0 Å². The SMILES string of the molecule is C[C@H](NC(=O)c1nc(-c2ccnc(N3CCCCC3)c2)no1)c1ccccc1. The Labute approximate surface area is 163 Å². The van der Waals surface area contributed by atoms with Gasteiger partial charge in [-0.15, -0.1) is 0 Å². The number of nitrogens with zero attached hydrogens (tertiary/aromatic N) is 4. The lowest BCUT2D eigenvalue weighted by atomic mass is 10.1. The smallest absolute Gasteiger partial charge is 0.316 e. The molecule has 1 aromatic carbocycles. The van der Waals surface area contributed by atoms with Crippen LogP contribution < -0.4 is 10.2 Å². The van der Waals surface area contributed by atoms with E-state index in [4.69, 9.17) is 4.52 Å². The molecule has 1 amide bonds. The summed E-state index contributed by atoms with van der Waals surface area (Å²) in [6, 6.07) is 13.4. The fourth-order valence-electron chi connectivity index (χ4n) is 3.37. The number of pyridine rings is 1. The Bertz CT molecular complexity index is 935. The van der Waals surface area contributed by atoms with Gasteiger partial charge in [-0.25, -0.2) is 4.98 Å². The van der Waals surface area contributed by atoms with E-state index in [0.717, 1.165) is 30.0 Å². The van der Waals surface area contributed by atoms with Gasteiger partial charge in [0, 0.05) is 24.8 Å². The second-order valence-corrected chi connectivity index (χ2v) is 6.98. The summed E-state index contributed by atoms with van der Waals surface area (Å²) in [6.07, 6.45) is 5.36. The predicted octanol–water partition coefficient (Wildman–Crippen LogP) is 3.61. The lowest BCUT2D eigenvalue weighted by Crippen LogP contribution is -2.30. The van der Waals surface area contributed by atoms with Crippen LogP contribution in [0.3, 0.4) is 0 Å². The third kappa shape index (κ3) is 4.03. The number of amides is 1. The molecule has 0 unspecified atom stereocenters. The first-order chi connectivity index (χ1) is 13.7. The number of piperidine rings is 1. The van der Waals surface area contributed by atoms with E-state index in [1.165, 1.54) is 19.3 Å². The van der Waals surface area contributed by atoms with E-state index in [9.17, 15) is 4.79 Å². The molecule has 7 nitrogen and oxygen atoms in total. The van der Waals surface area contributed by atoms with Gasteiger partial charge in [-0.05, 0) is 43.9 Å². The summed E-state index contributed by atoms with van der Waals surface area (Å²) < 4.78 is 5.20. The van der Waals surface area contributed by atoms with Crippen LogP contribution in [0.15, 0.2) is 53.2 Å². The number of rotatable bonds is 5. The van der Waals surface area contributed by atoms with Crippen molar-refractivity contribution >= 4 is 11.7 Å². The summed E-state index contributed by atoms with van der Waals surface area (Å²) in [5.41, 5.74) is 1.80. The van der Waals surface area contributed by atoms with E-state index in [0.29, 0.717) is 5.82 Å². The third-order valence-corrected chi connectivity index (χ3v) is 4.95. The molecule has 0 aliphatic carbocycles. The second kappa shape index (κ2) is 8.21. The highest BCUT2D eigenvalue weighted by Gasteiger charge is 2.20. The number of nitrogens with one attached hydrogen (secondary N) is 1. The minimum atomic E-state index is -0.389. The van der Waals surface area contributed by atoms with Crippen molar-refractivity contribution in [2.45, 2.75) is 32.2 Å². The lowest BCUT2D eigenvalue weighted by Gasteiger charge is -2.27. The quantitative estimate of drug-likeness (QED) is 0.731. The Kier molecular flexibility index (Phi) is 5.32. The summed E-state index contributed by atoms with van der Waals surface area (Å²) in [5, 5.41) is 6.87. The molecule has 1 atom stereocenters. The van der Waals surface area contributed by atoms with Crippen LogP contribution in [-0.4, -0.2) is 34.1 Å². The fourth-order valence-corrected chi connectivity index (χ4v) is 3.37. The summed E-state index contributed by atoms with van der Waals surface area (Å²) in [4.78, 5) is 23.5. The van der Waals surface area contributed by atoms with Crippen LogP contribution in [0.2, 0.25) is 0 Å². The van der Waals surface area contributed by atoms with Gasteiger partial charge in [0.2, 0.25) is 5.82 Å². The maximum absolute atomic E-state index is 12.5. The van der Waals surface area contributed by atoms with Gasteiger partial charge in [0.15, 0.2) is 0 Å². The van der Waals surface area contributed by atoms with Gasteiger partial charge >= 0.3 is 11.8 Å². The molecule has 0 radical (unpaired) electrons. The van der Waals surface area contributed by atoms with Crippen LogP contribution in [0.4, 0.5) is 5.82 Å². The highest BCUT2D eigenvalue weighted by Crippen LogP contribution is 2.23. The van der Waals surface area contributed by atoms with Gasteiger partial charge in [-0.2, -0.15) is 4.98 Å². The van der Waals surface area contributed by atoms with Crippen LogP contribution in [0.5, 0.6) is 0 Å². The van der Waals surface area contributed by atoms with Gasteiger partial charge in [0.25, 0.3) is 0 Å². The van der Waals surface area contributed by atoms with Crippen molar-refractivity contribution in [1.29, 1.82) is 0 Å². The highest BCUT2D eigenvalue weighted by molar-refractivity contribution is 5.90. The molecular weight excluding hydrogens is 354 g/mol. The second-order valence-electron chi connectivity index (χ2n) is 6.98. The number of aromatic nitrogens is 3. The molecule has 0 saturated carbocycles. The Morgan fingerprint density at radius 2 is 1.93 bits per heavy atom. The molecule has 3 aromatic rings. The van der Waals surface area contributed by atoms with Crippen LogP contribution in [0.25, 0.3) is 11.4 Å². The van der Waals surface area contributed by atoms with Crippen LogP contribution in [-0.2, 0) is 0 Å². The average Bonchev–Trinajstić information content (AvgIpc) is 3.26. The molecule has 28 heavy (non-hydrogen) atoms. The van der Waals surface area contributed by atoms with Gasteiger partial charge in [-0.1, -0.05) is 35.5 Å². The minimum absolute atomic E-state index is 0.0471. The number of benzene rings is 1. The monoisotopic (exact) mass is 377 g/mol. The lowest BCUT2D eigenvalue weighted by molar-refractivity contribution is 0.0895. The molecule has 1 saturated heterocycles. The van der Waals surface area contributed by atoms with Gasteiger partial charge in [0.05, 0.1) is 6.04 Å². The van der Waals surface area contributed by atoms with Crippen molar-refractivity contribution in [3.05, 3.63) is 60.1 Å². The van der Waals surface area contributed by atoms with Crippen molar-refractivity contribution < 1.29 is 9.32 Å². The number of carbonyl (C=O) groups excluding carboxylic acids is 1. The fraction of sp³-hybridized carbons (Fsp3) is 0.333. The van der Waals surface area contributed by atoms with E-state index < -0.39 is 0 Å². The first-order valence-electron chi connectivity index (χ1n) is 9.61. The molecule has 1 aliphatic heterocycles.